The van der Waals surface area contributed by atoms with Crippen LogP contribution in [0.4, 0.5) is 5.82 Å². The van der Waals surface area contributed by atoms with Crippen LogP contribution in [-0.2, 0) is 6.54 Å². The average Bonchev–Trinajstić information content (AvgIpc) is 3.08. The molecular weight excluding hydrogens is 350 g/mol. The summed E-state index contributed by atoms with van der Waals surface area (Å²) >= 11 is 0. The van der Waals surface area contributed by atoms with Crippen LogP contribution in [-0.4, -0.2) is 36.3 Å². The number of hydrogen-bond donors (Lipinski definition) is 2. The summed E-state index contributed by atoms with van der Waals surface area (Å²) < 4.78 is 1.82. The Labute approximate surface area is 167 Å². The SMILES string of the molecule is C#CCn1cnc2c(NC(CC)CC)nc(C#CC3(O)CCCC(C)C3)nc21. The van der Waals surface area contributed by atoms with Crippen LogP contribution in [0.2, 0.25) is 0 Å². The lowest BCUT2D eigenvalue weighted by atomic mass is 9.79. The van der Waals surface area contributed by atoms with Crippen molar-refractivity contribution in [1.82, 2.24) is 19.5 Å². The molecule has 1 saturated carbocycles. The van der Waals surface area contributed by atoms with Gasteiger partial charge in [-0.2, -0.15) is 0 Å². The second-order valence-corrected chi connectivity index (χ2v) is 7.79. The molecule has 0 amide bonds. The van der Waals surface area contributed by atoms with Crippen LogP contribution in [0, 0.1) is 30.1 Å². The van der Waals surface area contributed by atoms with E-state index in [0.29, 0.717) is 54.2 Å². The van der Waals surface area contributed by atoms with Crippen molar-refractivity contribution in [3.8, 4) is 24.2 Å². The Morgan fingerprint density at radius 2 is 2.18 bits per heavy atom. The number of hydrogen-bond acceptors (Lipinski definition) is 5. The number of anilines is 1. The van der Waals surface area contributed by atoms with Crippen molar-refractivity contribution in [3.05, 3.63) is 12.2 Å². The van der Waals surface area contributed by atoms with Crippen molar-refractivity contribution in [2.75, 3.05) is 5.32 Å². The molecule has 2 aromatic rings. The maximum atomic E-state index is 10.8. The first-order valence-electron chi connectivity index (χ1n) is 10.2. The minimum absolute atomic E-state index is 0.292. The maximum absolute atomic E-state index is 10.8. The molecule has 6 heteroatoms. The van der Waals surface area contributed by atoms with Gasteiger partial charge in [0.2, 0.25) is 5.82 Å². The monoisotopic (exact) mass is 379 g/mol. The lowest BCUT2D eigenvalue weighted by Crippen LogP contribution is -2.32. The minimum atomic E-state index is -0.960. The molecule has 0 radical (unpaired) electrons. The van der Waals surface area contributed by atoms with Gasteiger partial charge in [0.25, 0.3) is 0 Å². The van der Waals surface area contributed by atoms with Crippen LogP contribution in [0.25, 0.3) is 11.2 Å². The highest BCUT2D eigenvalue weighted by atomic mass is 16.3. The van der Waals surface area contributed by atoms with Crippen LogP contribution < -0.4 is 5.32 Å². The highest BCUT2D eigenvalue weighted by Crippen LogP contribution is 2.31. The molecule has 0 saturated heterocycles. The zero-order valence-corrected chi connectivity index (χ0v) is 17.0. The van der Waals surface area contributed by atoms with Crippen LogP contribution >= 0.6 is 0 Å². The zero-order valence-electron chi connectivity index (χ0n) is 17.0. The van der Waals surface area contributed by atoms with Crippen LogP contribution in [0.3, 0.4) is 0 Å². The van der Waals surface area contributed by atoms with E-state index in [-0.39, 0.29) is 0 Å². The number of nitrogens with zero attached hydrogens (tertiary/aromatic N) is 4. The summed E-state index contributed by atoms with van der Waals surface area (Å²) in [7, 11) is 0. The molecule has 1 aliphatic carbocycles. The minimum Gasteiger partial charge on any atom is -0.378 e. The second-order valence-electron chi connectivity index (χ2n) is 7.79. The van der Waals surface area contributed by atoms with Gasteiger partial charge in [0.05, 0.1) is 12.9 Å². The highest BCUT2D eigenvalue weighted by molar-refractivity contribution is 5.83. The molecule has 0 aromatic carbocycles. The summed E-state index contributed by atoms with van der Waals surface area (Å²) in [5.41, 5.74) is 0.394. The van der Waals surface area contributed by atoms with Gasteiger partial charge in [-0.3, -0.25) is 0 Å². The summed E-state index contributed by atoms with van der Waals surface area (Å²) in [4.78, 5) is 13.6. The Kier molecular flexibility index (Phi) is 6.21. The van der Waals surface area contributed by atoms with Gasteiger partial charge < -0.3 is 15.0 Å². The molecular formula is C22H29N5O. The zero-order chi connectivity index (χ0) is 20.1. The van der Waals surface area contributed by atoms with Crippen molar-refractivity contribution in [2.45, 2.75) is 77.5 Å². The van der Waals surface area contributed by atoms with Gasteiger partial charge in [-0.05, 0) is 43.9 Å². The molecule has 0 aliphatic heterocycles. The van der Waals surface area contributed by atoms with E-state index in [1.165, 1.54) is 0 Å². The smallest absolute Gasteiger partial charge is 0.209 e. The standard InChI is InChI=1S/C22H29N5O/c1-5-13-27-15-23-19-20(24-17(6-2)7-3)25-18(26-21(19)27)10-12-22(28)11-8-9-16(4)14-22/h1,15-17,28H,6-9,11,13-14H2,2-4H3,(H,24,25,26). The third-order valence-corrected chi connectivity index (χ3v) is 5.43. The molecule has 2 N–H and O–H groups in total. The van der Waals surface area contributed by atoms with Crippen molar-refractivity contribution >= 4 is 17.0 Å². The second kappa shape index (κ2) is 8.63. The third kappa shape index (κ3) is 4.46. The summed E-state index contributed by atoms with van der Waals surface area (Å²) in [5, 5.41) is 14.3. The quantitative estimate of drug-likeness (QED) is 0.779. The van der Waals surface area contributed by atoms with E-state index in [1.54, 1.807) is 6.33 Å². The van der Waals surface area contributed by atoms with Gasteiger partial charge >= 0.3 is 0 Å². The fourth-order valence-electron chi connectivity index (χ4n) is 3.81. The number of terminal acetylenes is 1. The number of imidazole rings is 1. The van der Waals surface area contributed by atoms with Crippen molar-refractivity contribution in [1.29, 1.82) is 0 Å². The molecule has 148 valence electrons. The topological polar surface area (TPSA) is 75.9 Å². The van der Waals surface area contributed by atoms with Crippen LogP contribution in [0.5, 0.6) is 0 Å². The van der Waals surface area contributed by atoms with E-state index < -0.39 is 5.60 Å². The lowest BCUT2D eigenvalue weighted by molar-refractivity contribution is 0.0410. The Morgan fingerprint density at radius 1 is 1.39 bits per heavy atom. The number of aromatic nitrogens is 4. The molecule has 6 nitrogen and oxygen atoms in total. The number of fused-ring (bicyclic) bond motifs is 1. The van der Waals surface area contributed by atoms with E-state index in [2.05, 4.69) is 58.8 Å². The summed E-state index contributed by atoms with van der Waals surface area (Å²) in [5.74, 6) is 10.2. The molecule has 1 aliphatic rings. The van der Waals surface area contributed by atoms with Gasteiger partial charge in [0.1, 0.15) is 5.60 Å². The first-order chi connectivity index (χ1) is 13.5. The molecule has 3 rings (SSSR count). The number of rotatable bonds is 5. The summed E-state index contributed by atoms with van der Waals surface area (Å²) in [6.45, 7) is 6.81. The third-order valence-electron chi connectivity index (χ3n) is 5.43. The number of nitrogens with one attached hydrogen (secondary N) is 1. The van der Waals surface area contributed by atoms with Crippen molar-refractivity contribution in [3.63, 3.8) is 0 Å². The van der Waals surface area contributed by atoms with E-state index >= 15 is 0 Å². The average molecular weight is 380 g/mol. The predicted molar refractivity (Wildman–Crippen MR) is 112 cm³/mol. The first kappa shape index (κ1) is 20.2. The van der Waals surface area contributed by atoms with Crippen LogP contribution in [0.1, 0.15) is 65.1 Å². The Hall–Kier alpha value is -2.57. The normalized spacial score (nSPS) is 21.9. The molecule has 0 spiro atoms. The highest BCUT2D eigenvalue weighted by Gasteiger charge is 2.30. The largest absolute Gasteiger partial charge is 0.378 e. The van der Waals surface area contributed by atoms with Gasteiger partial charge in [-0.1, -0.05) is 39.0 Å². The molecule has 28 heavy (non-hydrogen) atoms. The van der Waals surface area contributed by atoms with Crippen LogP contribution in [0.15, 0.2) is 6.33 Å². The van der Waals surface area contributed by atoms with Crippen molar-refractivity contribution < 1.29 is 5.11 Å². The van der Waals surface area contributed by atoms with E-state index in [1.807, 2.05) is 4.57 Å². The van der Waals surface area contributed by atoms with Gasteiger partial charge in [0.15, 0.2) is 17.0 Å². The lowest BCUT2D eigenvalue weighted by Gasteiger charge is -2.30. The summed E-state index contributed by atoms with van der Waals surface area (Å²) in [6.07, 6.45) is 12.6. The Bertz CT molecular complexity index is 928. The number of aliphatic hydroxyl groups is 1. The predicted octanol–water partition coefficient (Wildman–Crippen LogP) is 3.35. The Balaban J connectivity index is 2.01. The fourth-order valence-corrected chi connectivity index (χ4v) is 3.81. The van der Waals surface area contributed by atoms with Gasteiger partial charge in [0, 0.05) is 6.04 Å². The molecule has 0 bridgehead atoms. The molecule has 2 aromatic heterocycles. The Morgan fingerprint density at radius 3 is 2.86 bits per heavy atom. The molecule has 2 atom stereocenters. The van der Waals surface area contributed by atoms with E-state index in [4.69, 9.17) is 6.42 Å². The molecule has 1 fully saturated rings. The summed E-state index contributed by atoms with van der Waals surface area (Å²) in [6, 6.07) is 0.292. The fraction of sp³-hybridized carbons (Fsp3) is 0.591. The van der Waals surface area contributed by atoms with Gasteiger partial charge in [-0.15, -0.1) is 6.42 Å². The first-order valence-corrected chi connectivity index (χ1v) is 10.2. The van der Waals surface area contributed by atoms with Gasteiger partial charge in [-0.25, -0.2) is 15.0 Å². The molecule has 2 unspecified atom stereocenters. The van der Waals surface area contributed by atoms with E-state index in [9.17, 15) is 5.11 Å². The molecule has 2 heterocycles. The van der Waals surface area contributed by atoms with E-state index in [0.717, 1.165) is 25.7 Å². The van der Waals surface area contributed by atoms with Crippen molar-refractivity contribution in [2.24, 2.45) is 5.92 Å². The maximum Gasteiger partial charge on any atom is 0.209 e.